The number of halogens is 3. The molecule has 0 aliphatic heterocycles. The summed E-state index contributed by atoms with van der Waals surface area (Å²) in [5.74, 6) is -0.243. The number of anilines is 1. The van der Waals surface area contributed by atoms with Gasteiger partial charge in [0.05, 0.1) is 21.0 Å². The first kappa shape index (κ1) is 17.9. The number of hydrogen-bond donors (Lipinski definition) is 2. The van der Waals surface area contributed by atoms with Crippen LogP contribution in [0.5, 0.6) is 0 Å². The highest BCUT2D eigenvalue weighted by Crippen LogP contribution is 2.30. The van der Waals surface area contributed by atoms with Crippen LogP contribution in [0.25, 0.3) is 10.6 Å². The maximum Gasteiger partial charge on any atom is 0.416 e. The molecule has 2 aromatic heterocycles. The van der Waals surface area contributed by atoms with Gasteiger partial charge in [0, 0.05) is 12.7 Å². The summed E-state index contributed by atoms with van der Waals surface area (Å²) >= 11 is 1.21. The lowest BCUT2D eigenvalue weighted by Crippen LogP contribution is -2.22. The molecule has 0 spiro atoms. The molecule has 3 N–H and O–H groups in total. The average molecular weight is 378 g/mol. The van der Waals surface area contributed by atoms with Crippen molar-refractivity contribution in [3.05, 3.63) is 64.7 Å². The van der Waals surface area contributed by atoms with Gasteiger partial charge in [-0.25, -0.2) is 9.97 Å². The van der Waals surface area contributed by atoms with Crippen molar-refractivity contribution in [3.8, 4) is 10.6 Å². The Hall–Kier alpha value is -2.94. The summed E-state index contributed by atoms with van der Waals surface area (Å²) in [7, 11) is 0. The van der Waals surface area contributed by atoms with E-state index in [1.54, 1.807) is 18.2 Å². The minimum atomic E-state index is -4.41. The fourth-order valence-electron chi connectivity index (χ4n) is 2.24. The predicted molar refractivity (Wildman–Crippen MR) is 92.4 cm³/mol. The minimum absolute atomic E-state index is 0.00353. The second-order valence-electron chi connectivity index (χ2n) is 5.34. The van der Waals surface area contributed by atoms with Gasteiger partial charge in [-0.1, -0.05) is 12.1 Å². The van der Waals surface area contributed by atoms with Crippen molar-refractivity contribution in [1.82, 2.24) is 15.3 Å². The zero-order chi connectivity index (χ0) is 18.7. The Labute approximate surface area is 150 Å². The Kier molecular flexibility index (Phi) is 4.90. The topological polar surface area (TPSA) is 80.9 Å². The molecule has 134 valence electrons. The highest BCUT2D eigenvalue weighted by molar-refractivity contribution is 7.17. The number of carbonyl (C=O) groups excluding carboxylic acids is 1. The predicted octanol–water partition coefficient (Wildman–Crippen LogP) is 3.74. The number of rotatable bonds is 4. The summed E-state index contributed by atoms with van der Waals surface area (Å²) in [5.41, 5.74) is 5.76. The fourth-order valence-corrected chi connectivity index (χ4v) is 3.13. The van der Waals surface area contributed by atoms with Gasteiger partial charge < -0.3 is 11.1 Å². The maximum atomic E-state index is 12.7. The Morgan fingerprint density at radius 2 is 2.00 bits per heavy atom. The molecule has 0 saturated carbocycles. The van der Waals surface area contributed by atoms with E-state index in [-0.39, 0.29) is 18.4 Å². The number of hydrogen-bond acceptors (Lipinski definition) is 5. The van der Waals surface area contributed by atoms with Crippen LogP contribution in [0.3, 0.4) is 0 Å². The van der Waals surface area contributed by atoms with Crippen LogP contribution in [0, 0.1) is 0 Å². The Balaban J connectivity index is 1.68. The van der Waals surface area contributed by atoms with Gasteiger partial charge in [0.15, 0.2) is 0 Å². The van der Waals surface area contributed by atoms with E-state index in [2.05, 4.69) is 15.3 Å². The highest BCUT2D eigenvalue weighted by Gasteiger charge is 2.30. The number of nitrogen functional groups attached to an aromatic ring is 1. The van der Waals surface area contributed by atoms with Crippen LogP contribution in [0.2, 0.25) is 0 Å². The molecule has 3 aromatic rings. The van der Waals surface area contributed by atoms with E-state index < -0.39 is 11.7 Å². The molecule has 2 heterocycles. The molecule has 0 unspecified atom stereocenters. The second-order valence-corrected chi connectivity index (χ2v) is 6.43. The number of nitrogens with one attached hydrogen (secondary N) is 1. The van der Waals surface area contributed by atoms with Crippen molar-refractivity contribution >= 4 is 23.2 Å². The third-order valence-electron chi connectivity index (χ3n) is 3.46. The van der Waals surface area contributed by atoms with Crippen LogP contribution < -0.4 is 11.1 Å². The molecule has 26 heavy (non-hydrogen) atoms. The second kappa shape index (κ2) is 7.12. The first-order valence-electron chi connectivity index (χ1n) is 7.46. The zero-order valence-corrected chi connectivity index (χ0v) is 14.1. The SMILES string of the molecule is Nc1nccc(-c2ccc(C(=O)NCc3cccc(C(F)(F)F)c3)s2)n1. The van der Waals surface area contributed by atoms with E-state index in [1.807, 2.05) is 0 Å². The van der Waals surface area contributed by atoms with E-state index in [1.165, 1.54) is 29.7 Å². The third kappa shape index (κ3) is 4.17. The van der Waals surface area contributed by atoms with Crippen molar-refractivity contribution in [3.63, 3.8) is 0 Å². The summed E-state index contributed by atoms with van der Waals surface area (Å²) in [6.45, 7) is -0.00353. The molecular weight excluding hydrogens is 365 g/mol. The van der Waals surface area contributed by atoms with E-state index in [0.29, 0.717) is 16.1 Å². The number of nitrogens with two attached hydrogens (primary N) is 1. The summed E-state index contributed by atoms with van der Waals surface area (Å²) < 4.78 is 38.2. The molecular formula is C17H13F3N4OS. The van der Waals surface area contributed by atoms with Gasteiger partial charge in [0.25, 0.3) is 5.91 Å². The lowest BCUT2D eigenvalue weighted by atomic mass is 10.1. The third-order valence-corrected chi connectivity index (χ3v) is 4.57. The molecule has 0 bridgehead atoms. The summed E-state index contributed by atoms with van der Waals surface area (Å²) in [4.78, 5) is 21.3. The Bertz CT molecular complexity index is 940. The number of carbonyl (C=O) groups is 1. The first-order valence-corrected chi connectivity index (χ1v) is 8.27. The van der Waals surface area contributed by atoms with E-state index in [9.17, 15) is 18.0 Å². The molecule has 0 atom stereocenters. The van der Waals surface area contributed by atoms with Crippen molar-refractivity contribution < 1.29 is 18.0 Å². The van der Waals surface area contributed by atoms with Crippen LogP contribution in [-0.2, 0) is 12.7 Å². The van der Waals surface area contributed by atoms with Crippen molar-refractivity contribution in [2.45, 2.75) is 12.7 Å². The minimum Gasteiger partial charge on any atom is -0.368 e. The average Bonchev–Trinajstić information content (AvgIpc) is 3.09. The molecule has 1 aromatic carbocycles. The summed E-state index contributed by atoms with van der Waals surface area (Å²) in [6.07, 6.45) is -2.90. The van der Waals surface area contributed by atoms with Gasteiger partial charge in [-0.3, -0.25) is 4.79 Å². The molecule has 9 heteroatoms. The molecule has 0 radical (unpaired) electrons. The molecule has 0 fully saturated rings. The number of thiophene rings is 1. The number of amides is 1. The van der Waals surface area contributed by atoms with Crippen molar-refractivity contribution in [2.24, 2.45) is 0 Å². The van der Waals surface area contributed by atoms with Gasteiger partial charge in [-0.15, -0.1) is 11.3 Å². The molecule has 0 saturated heterocycles. The maximum absolute atomic E-state index is 12.7. The normalized spacial score (nSPS) is 11.3. The van der Waals surface area contributed by atoms with Crippen molar-refractivity contribution in [1.29, 1.82) is 0 Å². The Morgan fingerprint density at radius 3 is 2.73 bits per heavy atom. The fraction of sp³-hybridized carbons (Fsp3) is 0.118. The molecule has 5 nitrogen and oxygen atoms in total. The quantitative estimate of drug-likeness (QED) is 0.725. The van der Waals surface area contributed by atoms with Gasteiger partial charge in [-0.05, 0) is 35.9 Å². The highest BCUT2D eigenvalue weighted by atomic mass is 32.1. The molecule has 1 amide bonds. The van der Waals surface area contributed by atoms with Crippen molar-refractivity contribution in [2.75, 3.05) is 5.73 Å². The number of aromatic nitrogens is 2. The lowest BCUT2D eigenvalue weighted by molar-refractivity contribution is -0.137. The van der Waals surface area contributed by atoms with Gasteiger partial charge in [0.2, 0.25) is 5.95 Å². The number of alkyl halides is 3. The number of nitrogens with zero attached hydrogens (tertiary/aromatic N) is 2. The first-order chi connectivity index (χ1) is 12.3. The molecule has 0 aliphatic rings. The van der Waals surface area contributed by atoms with Crippen LogP contribution in [0.15, 0.2) is 48.7 Å². The van der Waals surface area contributed by atoms with E-state index in [4.69, 9.17) is 5.73 Å². The van der Waals surface area contributed by atoms with E-state index >= 15 is 0 Å². The van der Waals surface area contributed by atoms with E-state index in [0.717, 1.165) is 17.0 Å². The largest absolute Gasteiger partial charge is 0.416 e. The summed E-state index contributed by atoms with van der Waals surface area (Å²) in [5, 5.41) is 2.62. The number of benzene rings is 1. The van der Waals surface area contributed by atoms with Gasteiger partial charge >= 0.3 is 6.18 Å². The standard InChI is InChI=1S/C17H13F3N4OS/c18-17(19,20)11-3-1-2-10(8-11)9-23-15(25)14-5-4-13(26-14)12-6-7-22-16(21)24-12/h1-8H,9H2,(H,23,25)(H2,21,22,24). The van der Waals surface area contributed by atoms with Gasteiger partial charge in [0.1, 0.15) is 0 Å². The van der Waals surface area contributed by atoms with Gasteiger partial charge in [-0.2, -0.15) is 13.2 Å². The van der Waals surface area contributed by atoms with Crippen LogP contribution in [0.1, 0.15) is 20.8 Å². The van der Waals surface area contributed by atoms with Crippen LogP contribution >= 0.6 is 11.3 Å². The molecule has 0 aliphatic carbocycles. The van der Waals surface area contributed by atoms with Crippen LogP contribution in [0.4, 0.5) is 19.1 Å². The lowest BCUT2D eigenvalue weighted by Gasteiger charge is -2.09. The van der Waals surface area contributed by atoms with Crippen LogP contribution in [-0.4, -0.2) is 15.9 Å². The zero-order valence-electron chi connectivity index (χ0n) is 13.2. The monoisotopic (exact) mass is 378 g/mol. The molecule has 3 rings (SSSR count). The Morgan fingerprint density at radius 1 is 1.19 bits per heavy atom. The smallest absolute Gasteiger partial charge is 0.368 e. The summed E-state index contributed by atoms with van der Waals surface area (Å²) in [6, 6.07) is 9.87.